The predicted molar refractivity (Wildman–Crippen MR) is 89.8 cm³/mol. The second-order valence-corrected chi connectivity index (χ2v) is 6.50. The Hall–Kier alpha value is -2.35. The number of nitrogens with one attached hydrogen (secondary N) is 2. The van der Waals surface area contributed by atoms with Gasteiger partial charge >= 0.3 is 5.69 Å². The van der Waals surface area contributed by atoms with E-state index in [1.165, 1.54) is 11.8 Å². The van der Waals surface area contributed by atoms with Crippen LogP contribution in [0.5, 0.6) is 0 Å². The zero-order valence-electron chi connectivity index (χ0n) is 12.9. The molecule has 0 fully saturated rings. The summed E-state index contributed by atoms with van der Waals surface area (Å²) in [6.45, 7) is 4.53. The predicted octanol–water partition coefficient (Wildman–Crippen LogP) is 2.07. The van der Waals surface area contributed by atoms with Gasteiger partial charge < -0.3 is 4.98 Å². The summed E-state index contributed by atoms with van der Waals surface area (Å²) < 4.78 is 1.60. The number of aromatic nitrogens is 5. The molecule has 0 aliphatic rings. The number of hydrogen-bond donors (Lipinski definition) is 2. The van der Waals surface area contributed by atoms with Gasteiger partial charge in [-0.25, -0.2) is 14.9 Å². The van der Waals surface area contributed by atoms with E-state index in [0.717, 1.165) is 6.42 Å². The number of para-hydroxylation sites is 1. The van der Waals surface area contributed by atoms with E-state index in [1.807, 2.05) is 32.0 Å². The lowest BCUT2D eigenvalue weighted by Gasteiger charge is -2.11. The van der Waals surface area contributed by atoms with Crippen LogP contribution in [0, 0.1) is 0 Å². The van der Waals surface area contributed by atoms with E-state index in [4.69, 9.17) is 0 Å². The average molecular weight is 331 g/mol. The van der Waals surface area contributed by atoms with Crippen molar-refractivity contribution in [1.29, 1.82) is 0 Å². The van der Waals surface area contributed by atoms with Crippen molar-refractivity contribution in [2.75, 3.05) is 0 Å². The molecule has 0 radical (unpaired) electrons. The highest BCUT2D eigenvalue weighted by Gasteiger charge is 2.16. The minimum atomic E-state index is -0.221. The number of H-pyrrole nitrogens is 2. The Balaban J connectivity index is 1.93. The summed E-state index contributed by atoms with van der Waals surface area (Å²) in [5.41, 5.74) is 0.277. The van der Waals surface area contributed by atoms with Crippen molar-refractivity contribution in [3.63, 3.8) is 0 Å². The number of thioether (sulfide) groups is 1. The van der Waals surface area contributed by atoms with E-state index in [2.05, 4.69) is 20.2 Å². The van der Waals surface area contributed by atoms with Gasteiger partial charge in [-0.15, -0.1) is 5.10 Å². The van der Waals surface area contributed by atoms with Gasteiger partial charge in [0.1, 0.15) is 5.82 Å². The van der Waals surface area contributed by atoms with E-state index in [9.17, 15) is 9.59 Å². The Bertz CT molecular complexity index is 943. The van der Waals surface area contributed by atoms with Crippen LogP contribution in [0.4, 0.5) is 0 Å². The van der Waals surface area contributed by atoms with E-state index < -0.39 is 0 Å². The van der Waals surface area contributed by atoms with E-state index in [0.29, 0.717) is 28.4 Å². The van der Waals surface area contributed by atoms with Crippen LogP contribution in [0.3, 0.4) is 0 Å². The minimum absolute atomic E-state index is 0.141. The maximum atomic E-state index is 12.1. The van der Waals surface area contributed by atoms with Crippen LogP contribution >= 0.6 is 11.8 Å². The van der Waals surface area contributed by atoms with Gasteiger partial charge in [-0.3, -0.25) is 9.36 Å². The number of aromatic amines is 2. The highest BCUT2D eigenvalue weighted by Crippen LogP contribution is 2.31. The average Bonchev–Trinajstić information content (AvgIpc) is 2.88. The summed E-state index contributed by atoms with van der Waals surface area (Å²) in [7, 11) is 0. The number of fused-ring (bicyclic) bond motifs is 1. The topological polar surface area (TPSA) is 96.4 Å². The maximum Gasteiger partial charge on any atom is 0.343 e. The smallest absolute Gasteiger partial charge is 0.309 e. The summed E-state index contributed by atoms with van der Waals surface area (Å²) in [6, 6.07) is 7.22. The molecule has 8 heteroatoms. The van der Waals surface area contributed by atoms with Gasteiger partial charge in [-0.2, -0.15) is 0 Å². The van der Waals surface area contributed by atoms with Crippen molar-refractivity contribution in [3.05, 3.63) is 50.9 Å². The first-order valence-corrected chi connectivity index (χ1v) is 8.29. The summed E-state index contributed by atoms with van der Waals surface area (Å²) >= 11 is 1.39. The number of hydrogen-bond acceptors (Lipinski definition) is 5. The van der Waals surface area contributed by atoms with Crippen molar-refractivity contribution >= 4 is 22.7 Å². The van der Waals surface area contributed by atoms with E-state index in [1.54, 1.807) is 10.6 Å². The molecule has 2 heterocycles. The second-order valence-electron chi connectivity index (χ2n) is 5.19. The molecule has 0 saturated carbocycles. The zero-order valence-corrected chi connectivity index (χ0v) is 13.7. The van der Waals surface area contributed by atoms with Crippen molar-refractivity contribution in [2.45, 2.75) is 37.2 Å². The molecule has 3 rings (SSSR count). The van der Waals surface area contributed by atoms with Gasteiger partial charge in [-0.1, -0.05) is 30.8 Å². The molecule has 0 amide bonds. The second kappa shape index (κ2) is 6.41. The van der Waals surface area contributed by atoms with Crippen LogP contribution in [-0.4, -0.2) is 24.7 Å². The fourth-order valence-corrected chi connectivity index (χ4v) is 3.26. The number of rotatable bonds is 5. The SMILES string of the molecule is CCCn1c(SC(C)c2nc3ccccc3c(=O)[nH]2)n[nH]c1=O. The highest BCUT2D eigenvalue weighted by molar-refractivity contribution is 7.99. The Kier molecular flexibility index (Phi) is 4.33. The third-order valence-corrected chi connectivity index (χ3v) is 4.57. The Morgan fingerprint density at radius 3 is 2.87 bits per heavy atom. The van der Waals surface area contributed by atoms with Crippen LogP contribution in [0.2, 0.25) is 0 Å². The third kappa shape index (κ3) is 3.07. The van der Waals surface area contributed by atoms with Crippen LogP contribution in [0.15, 0.2) is 39.0 Å². The lowest BCUT2D eigenvalue weighted by atomic mass is 10.2. The molecule has 1 aromatic carbocycles. The van der Waals surface area contributed by atoms with Crippen molar-refractivity contribution < 1.29 is 0 Å². The molecule has 2 aromatic heterocycles. The standard InChI is InChI=1S/C15H17N5O2S/c1-3-8-20-14(22)18-19-15(20)23-9(2)12-16-11-7-5-4-6-10(11)13(21)17-12/h4-7,9H,3,8H2,1-2H3,(H,18,22)(H,16,17,21). The zero-order chi connectivity index (χ0) is 16.4. The molecule has 7 nitrogen and oxygen atoms in total. The van der Waals surface area contributed by atoms with Crippen LogP contribution < -0.4 is 11.2 Å². The molecule has 2 N–H and O–H groups in total. The van der Waals surface area contributed by atoms with Gasteiger partial charge in [-0.05, 0) is 25.5 Å². The van der Waals surface area contributed by atoms with Gasteiger partial charge in [0.2, 0.25) is 0 Å². The first-order valence-electron chi connectivity index (χ1n) is 7.41. The molecular formula is C15H17N5O2S. The van der Waals surface area contributed by atoms with Crippen LogP contribution in [0.1, 0.15) is 31.3 Å². The quantitative estimate of drug-likeness (QED) is 0.698. The minimum Gasteiger partial charge on any atom is -0.309 e. The first-order chi connectivity index (χ1) is 11.1. The molecule has 1 unspecified atom stereocenters. The fraction of sp³-hybridized carbons (Fsp3) is 0.333. The molecule has 1 atom stereocenters. The lowest BCUT2D eigenvalue weighted by molar-refractivity contribution is 0.602. The summed E-state index contributed by atoms with van der Waals surface area (Å²) in [5.74, 6) is 0.567. The Morgan fingerprint density at radius 1 is 1.30 bits per heavy atom. The normalized spacial score (nSPS) is 12.6. The molecule has 120 valence electrons. The van der Waals surface area contributed by atoms with Crippen molar-refractivity contribution in [2.24, 2.45) is 0 Å². The molecule has 0 saturated heterocycles. The largest absolute Gasteiger partial charge is 0.343 e. The van der Waals surface area contributed by atoms with E-state index in [-0.39, 0.29) is 16.5 Å². The van der Waals surface area contributed by atoms with Gasteiger partial charge in [0.15, 0.2) is 5.16 Å². The molecule has 0 bridgehead atoms. The lowest BCUT2D eigenvalue weighted by Crippen LogP contribution is -2.17. The van der Waals surface area contributed by atoms with Crippen LogP contribution in [0.25, 0.3) is 10.9 Å². The van der Waals surface area contributed by atoms with Gasteiger partial charge in [0, 0.05) is 6.54 Å². The molecule has 3 aromatic rings. The third-order valence-electron chi connectivity index (χ3n) is 3.47. The number of nitrogens with zero attached hydrogens (tertiary/aromatic N) is 3. The van der Waals surface area contributed by atoms with E-state index >= 15 is 0 Å². The summed E-state index contributed by atoms with van der Waals surface area (Å²) in [4.78, 5) is 31.2. The van der Waals surface area contributed by atoms with Crippen molar-refractivity contribution in [3.8, 4) is 0 Å². The summed E-state index contributed by atoms with van der Waals surface area (Å²) in [5, 5.41) is 7.54. The maximum absolute atomic E-state index is 12.1. The molecular weight excluding hydrogens is 314 g/mol. The fourth-order valence-electron chi connectivity index (χ4n) is 2.32. The Labute approximate surface area is 136 Å². The van der Waals surface area contributed by atoms with Crippen molar-refractivity contribution in [1.82, 2.24) is 24.7 Å². The highest BCUT2D eigenvalue weighted by atomic mass is 32.2. The summed E-state index contributed by atoms with van der Waals surface area (Å²) in [6.07, 6.45) is 0.840. The molecule has 0 aliphatic heterocycles. The number of benzene rings is 1. The van der Waals surface area contributed by atoms with Gasteiger partial charge in [0.05, 0.1) is 16.2 Å². The monoisotopic (exact) mass is 331 g/mol. The van der Waals surface area contributed by atoms with Gasteiger partial charge in [0.25, 0.3) is 5.56 Å². The first kappa shape index (κ1) is 15.5. The molecule has 23 heavy (non-hydrogen) atoms. The Morgan fingerprint density at radius 2 is 2.09 bits per heavy atom. The molecule has 0 spiro atoms. The molecule has 0 aliphatic carbocycles. The van der Waals surface area contributed by atoms with Crippen LogP contribution in [-0.2, 0) is 6.54 Å².